The molecule has 0 saturated carbocycles. The van der Waals surface area contributed by atoms with Crippen molar-refractivity contribution in [3.05, 3.63) is 96.6 Å². The first-order valence-corrected chi connectivity index (χ1v) is 11.2. The van der Waals surface area contributed by atoms with Crippen LogP contribution in [-0.2, 0) is 4.79 Å². The van der Waals surface area contributed by atoms with Crippen LogP contribution in [0.4, 0.5) is 0 Å². The number of thiocarbonyl (C=S) groups is 1. The van der Waals surface area contributed by atoms with Gasteiger partial charge in [-0.3, -0.25) is 9.69 Å². The number of hydrogen-bond donors (Lipinski definition) is 0. The third-order valence-corrected chi connectivity index (χ3v) is 6.11. The number of hydrogen-bond acceptors (Lipinski definition) is 5. The van der Waals surface area contributed by atoms with Gasteiger partial charge < -0.3 is 4.74 Å². The molecular formula is C25H21N3O2S2. The smallest absolute Gasteiger partial charge is 0.266 e. The molecule has 4 rings (SSSR count). The molecule has 0 aliphatic carbocycles. The minimum atomic E-state index is -0.119. The first kappa shape index (κ1) is 21.8. The molecule has 0 spiro atoms. The maximum Gasteiger partial charge on any atom is 0.266 e. The van der Waals surface area contributed by atoms with Crippen molar-refractivity contribution in [2.24, 2.45) is 0 Å². The maximum absolute atomic E-state index is 12.8. The predicted molar refractivity (Wildman–Crippen MR) is 135 cm³/mol. The summed E-state index contributed by atoms with van der Waals surface area (Å²) >= 11 is 6.66. The molecule has 0 radical (unpaired) electrons. The third-order valence-electron chi connectivity index (χ3n) is 4.73. The van der Waals surface area contributed by atoms with E-state index in [-0.39, 0.29) is 5.91 Å². The van der Waals surface area contributed by atoms with Crippen molar-refractivity contribution in [3.8, 4) is 22.7 Å². The van der Waals surface area contributed by atoms with Gasteiger partial charge >= 0.3 is 0 Å². The Hall–Kier alpha value is -3.42. The second-order valence-corrected chi connectivity index (χ2v) is 8.59. The molecule has 1 amide bonds. The minimum absolute atomic E-state index is 0.119. The van der Waals surface area contributed by atoms with Gasteiger partial charge in [-0.15, -0.1) is 6.58 Å². The van der Waals surface area contributed by atoms with Gasteiger partial charge in [0, 0.05) is 23.9 Å². The molecule has 1 fully saturated rings. The number of nitrogens with zero attached hydrogens (tertiary/aromatic N) is 3. The van der Waals surface area contributed by atoms with Crippen LogP contribution in [0.5, 0.6) is 5.75 Å². The van der Waals surface area contributed by atoms with Crippen LogP contribution in [0.15, 0.2) is 91.0 Å². The Bertz CT molecular complexity index is 1200. The summed E-state index contributed by atoms with van der Waals surface area (Å²) in [5, 5.41) is 4.82. The van der Waals surface area contributed by atoms with Gasteiger partial charge in [0.05, 0.1) is 16.3 Å². The van der Waals surface area contributed by atoms with Crippen molar-refractivity contribution in [3.63, 3.8) is 0 Å². The standard InChI is InChI=1S/C25H21N3O2S2/c1-3-14-27-24(29)22(32-25(27)31)16-19-17-28(20-8-6-5-7-9-20)26-23(19)18-10-12-21(13-11-18)30-15-4-2/h3-13,16-17H,1-2,14-15H2/b22-16-. The van der Waals surface area contributed by atoms with Gasteiger partial charge in [-0.2, -0.15) is 5.10 Å². The average Bonchev–Trinajstić information content (AvgIpc) is 3.35. The molecule has 0 unspecified atom stereocenters. The third kappa shape index (κ3) is 4.59. The van der Waals surface area contributed by atoms with Crippen molar-refractivity contribution < 1.29 is 9.53 Å². The number of carbonyl (C=O) groups is 1. The topological polar surface area (TPSA) is 47.4 Å². The zero-order valence-corrected chi connectivity index (χ0v) is 18.9. The fraction of sp³-hybridized carbons (Fsp3) is 0.0800. The summed E-state index contributed by atoms with van der Waals surface area (Å²) in [5.41, 5.74) is 3.43. The number of ether oxygens (including phenoxy) is 1. The van der Waals surface area contributed by atoms with Gasteiger partial charge in [0.2, 0.25) is 0 Å². The molecule has 0 N–H and O–H groups in total. The quantitative estimate of drug-likeness (QED) is 0.253. The molecule has 2 heterocycles. The molecule has 160 valence electrons. The molecule has 1 aromatic heterocycles. The highest BCUT2D eigenvalue weighted by Gasteiger charge is 2.31. The van der Waals surface area contributed by atoms with Crippen LogP contribution in [0.3, 0.4) is 0 Å². The molecule has 0 bridgehead atoms. The molecule has 0 atom stereocenters. The molecule has 7 heteroatoms. The number of carbonyl (C=O) groups excluding carboxylic acids is 1. The number of amides is 1. The van der Waals surface area contributed by atoms with E-state index in [0.717, 1.165) is 28.3 Å². The molecule has 1 aliphatic heterocycles. The van der Waals surface area contributed by atoms with E-state index in [1.54, 1.807) is 17.1 Å². The molecule has 5 nitrogen and oxygen atoms in total. The Kier molecular flexibility index (Phi) is 6.68. The highest BCUT2D eigenvalue weighted by atomic mass is 32.2. The Morgan fingerprint density at radius 3 is 2.50 bits per heavy atom. The monoisotopic (exact) mass is 459 g/mol. The number of para-hydroxylation sites is 1. The summed E-state index contributed by atoms with van der Waals surface area (Å²) in [6.07, 6.45) is 7.15. The fourth-order valence-corrected chi connectivity index (χ4v) is 4.49. The second kappa shape index (κ2) is 9.80. The van der Waals surface area contributed by atoms with E-state index in [1.165, 1.54) is 11.8 Å². The molecule has 1 saturated heterocycles. The summed E-state index contributed by atoms with van der Waals surface area (Å²) < 4.78 is 7.93. The Morgan fingerprint density at radius 2 is 1.81 bits per heavy atom. The first-order valence-electron chi connectivity index (χ1n) is 9.96. The molecule has 2 aromatic carbocycles. The normalized spacial score (nSPS) is 14.8. The lowest BCUT2D eigenvalue weighted by Gasteiger charge is -2.10. The summed E-state index contributed by atoms with van der Waals surface area (Å²) in [5.74, 6) is 0.634. The molecular weight excluding hydrogens is 438 g/mol. The summed E-state index contributed by atoms with van der Waals surface area (Å²) in [4.78, 5) is 14.9. The summed E-state index contributed by atoms with van der Waals surface area (Å²) in [6.45, 7) is 8.21. The van der Waals surface area contributed by atoms with E-state index in [1.807, 2.05) is 71.6 Å². The highest BCUT2D eigenvalue weighted by molar-refractivity contribution is 8.26. The Morgan fingerprint density at radius 1 is 1.06 bits per heavy atom. The fourth-order valence-electron chi connectivity index (χ4n) is 3.22. The van der Waals surface area contributed by atoms with E-state index in [0.29, 0.717) is 22.4 Å². The lowest BCUT2D eigenvalue weighted by molar-refractivity contribution is -0.121. The highest BCUT2D eigenvalue weighted by Crippen LogP contribution is 2.35. The van der Waals surface area contributed by atoms with Gasteiger partial charge in [0.15, 0.2) is 0 Å². The Balaban J connectivity index is 1.75. The van der Waals surface area contributed by atoms with E-state index >= 15 is 0 Å². The van der Waals surface area contributed by atoms with Gasteiger partial charge in [-0.25, -0.2) is 4.68 Å². The van der Waals surface area contributed by atoms with E-state index < -0.39 is 0 Å². The van der Waals surface area contributed by atoms with E-state index in [4.69, 9.17) is 22.1 Å². The van der Waals surface area contributed by atoms with Crippen molar-refractivity contribution >= 4 is 40.3 Å². The van der Waals surface area contributed by atoms with E-state index in [2.05, 4.69) is 13.2 Å². The predicted octanol–water partition coefficient (Wildman–Crippen LogP) is 5.49. The second-order valence-electron chi connectivity index (χ2n) is 6.92. The minimum Gasteiger partial charge on any atom is -0.490 e. The van der Waals surface area contributed by atoms with Crippen molar-refractivity contribution in [1.82, 2.24) is 14.7 Å². The van der Waals surface area contributed by atoms with Crippen LogP contribution in [0.2, 0.25) is 0 Å². The zero-order chi connectivity index (χ0) is 22.5. The van der Waals surface area contributed by atoms with Crippen molar-refractivity contribution in [1.29, 1.82) is 0 Å². The van der Waals surface area contributed by atoms with Crippen LogP contribution in [0.1, 0.15) is 5.56 Å². The lowest BCUT2D eigenvalue weighted by Crippen LogP contribution is -2.27. The SMILES string of the molecule is C=CCOc1ccc(-c2nn(-c3ccccc3)cc2/C=C2\SC(=S)N(CC=C)C2=O)cc1. The van der Waals surface area contributed by atoms with Crippen molar-refractivity contribution in [2.75, 3.05) is 13.2 Å². The van der Waals surface area contributed by atoms with Gasteiger partial charge in [-0.1, -0.05) is 60.9 Å². The van der Waals surface area contributed by atoms with Crippen LogP contribution in [-0.4, -0.2) is 38.1 Å². The maximum atomic E-state index is 12.8. The van der Waals surface area contributed by atoms with Crippen LogP contribution in [0, 0.1) is 0 Å². The molecule has 3 aromatic rings. The van der Waals surface area contributed by atoms with Crippen LogP contribution in [0.25, 0.3) is 23.0 Å². The number of thioether (sulfide) groups is 1. The Labute approximate surface area is 196 Å². The lowest BCUT2D eigenvalue weighted by atomic mass is 10.1. The number of aromatic nitrogens is 2. The molecule has 1 aliphatic rings. The first-order chi connectivity index (χ1) is 15.6. The average molecular weight is 460 g/mol. The summed E-state index contributed by atoms with van der Waals surface area (Å²) in [7, 11) is 0. The largest absolute Gasteiger partial charge is 0.490 e. The van der Waals surface area contributed by atoms with Crippen molar-refractivity contribution in [2.45, 2.75) is 0 Å². The van der Waals surface area contributed by atoms with Crippen LogP contribution < -0.4 is 4.74 Å². The van der Waals surface area contributed by atoms with Gasteiger partial charge in [0.1, 0.15) is 16.7 Å². The van der Waals surface area contributed by atoms with Gasteiger partial charge in [-0.05, 0) is 42.5 Å². The van der Waals surface area contributed by atoms with Gasteiger partial charge in [0.25, 0.3) is 5.91 Å². The van der Waals surface area contributed by atoms with E-state index in [9.17, 15) is 4.79 Å². The zero-order valence-electron chi connectivity index (χ0n) is 17.3. The summed E-state index contributed by atoms with van der Waals surface area (Å²) in [6, 6.07) is 17.5. The van der Waals surface area contributed by atoms with Crippen LogP contribution >= 0.6 is 24.0 Å². The molecule has 32 heavy (non-hydrogen) atoms. The number of benzene rings is 2. The number of rotatable bonds is 8.